The molecule has 0 saturated heterocycles. The van der Waals surface area contributed by atoms with Crippen LogP contribution in [0.5, 0.6) is 0 Å². The van der Waals surface area contributed by atoms with Crippen LogP contribution in [0.2, 0.25) is 0 Å². The smallest absolute Gasteiger partial charge is 0.266 e. The Hall–Kier alpha value is -3.58. The van der Waals surface area contributed by atoms with Gasteiger partial charge in [0, 0.05) is 11.3 Å². The standard InChI is InChI=1S/C24H18FN3O2S/c25-17-6-9-19(10-7-17)28-23(30)20-11-5-16(13-21(20)27-24(28)31)22(29)26-18-8-4-14-2-1-3-15(14)12-18/h4-13H,1-3H2,(H,26,29)(H,27,31). The van der Waals surface area contributed by atoms with Crippen molar-refractivity contribution in [1.29, 1.82) is 0 Å². The van der Waals surface area contributed by atoms with Crippen LogP contribution < -0.4 is 10.9 Å². The Morgan fingerprint density at radius 2 is 1.77 bits per heavy atom. The van der Waals surface area contributed by atoms with Gasteiger partial charge >= 0.3 is 0 Å². The maximum Gasteiger partial charge on any atom is 0.266 e. The Morgan fingerprint density at radius 3 is 2.58 bits per heavy atom. The highest BCUT2D eigenvalue weighted by molar-refractivity contribution is 7.71. The van der Waals surface area contributed by atoms with E-state index in [-0.39, 0.29) is 16.2 Å². The number of amides is 1. The molecule has 1 amide bonds. The van der Waals surface area contributed by atoms with Crippen molar-refractivity contribution < 1.29 is 9.18 Å². The summed E-state index contributed by atoms with van der Waals surface area (Å²) in [6.07, 6.45) is 3.26. The summed E-state index contributed by atoms with van der Waals surface area (Å²) >= 11 is 5.35. The van der Waals surface area contributed by atoms with Crippen LogP contribution in [0.3, 0.4) is 0 Å². The van der Waals surface area contributed by atoms with Crippen molar-refractivity contribution in [2.45, 2.75) is 19.3 Å². The van der Waals surface area contributed by atoms with Crippen LogP contribution in [0.25, 0.3) is 16.6 Å². The highest BCUT2D eigenvalue weighted by Gasteiger charge is 2.14. The predicted octanol–water partition coefficient (Wildman–Crippen LogP) is 4.93. The molecule has 0 aliphatic heterocycles. The van der Waals surface area contributed by atoms with Crippen molar-refractivity contribution in [2.24, 2.45) is 0 Å². The average Bonchev–Trinajstić information content (AvgIpc) is 3.22. The molecule has 154 valence electrons. The van der Waals surface area contributed by atoms with Gasteiger partial charge in [-0.1, -0.05) is 6.07 Å². The van der Waals surface area contributed by atoms with Crippen LogP contribution in [0.4, 0.5) is 10.1 Å². The van der Waals surface area contributed by atoms with E-state index in [9.17, 15) is 14.0 Å². The van der Waals surface area contributed by atoms with E-state index >= 15 is 0 Å². The molecule has 0 bridgehead atoms. The highest BCUT2D eigenvalue weighted by atomic mass is 32.1. The molecule has 0 radical (unpaired) electrons. The molecule has 0 unspecified atom stereocenters. The molecule has 1 heterocycles. The summed E-state index contributed by atoms with van der Waals surface area (Å²) < 4.78 is 14.7. The van der Waals surface area contributed by atoms with Gasteiger partial charge in [0.05, 0.1) is 16.6 Å². The van der Waals surface area contributed by atoms with Crippen molar-refractivity contribution in [1.82, 2.24) is 9.55 Å². The summed E-state index contributed by atoms with van der Waals surface area (Å²) in [4.78, 5) is 28.8. The van der Waals surface area contributed by atoms with E-state index in [1.54, 1.807) is 18.2 Å². The number of anilines is 1. The third-order valence-corrected chi connectivity index (χ3v) is 5.89. The van der Waals surface area contributed by atoms with Crippen molar-refractivity contribution in [3.8, 4) is 5.69 Å². The van der Waals surface area contributed by atoms with E-state index in [1.807, 2.05) is 12.1 Å². The number of H-pyrrole nitrogens is 1. The Bertz CT molecular complexity index is 1450. The molecule has 1 aromatic heterocycles. The second-order valence-electron chi connectivity index (χ2n) is 7.60. The van der Waals surface area contributed by atoms with E-state index < -0.39 is 5.82 Å². The predicted molar refractivity (Wildman–Crippen MR) is 121 cm³/mol. The lowest BCUT2D eigenvalue weighted by Crippen LogP contribution is -2.21. The van der Waals surface area contributed by atoms with E-state index in [4.69, 9.17) is 12.2 Å². The van der Waals surface area contributed by atoms with E-state index in [1.165, 1.54) is 40.0 Å². The molecule has 1 aliphatic rings. The van der Waals surface area contributed by atoms with E-state index in [2.05, 4.69) is 16.4 Å². The van der Waals surface area contributed by atoms with Crippen molar-refractivity contribution in [3.05, 3.63) is 98.3 Å². The quantitative estimate of drug-likeness (QED) is 0.452. The largest absolute Gasteiger partial charge is 0.331 e. The van der Waals surface area contributed by atoms with Crippen molar-refractivity contribution in [2.75, 3.05) is 5.32 Å². The van der Waals surface area contributed by atoms with Crippen molar-refractivity contribution in [3.63, 3.8) is 0 Å². The Kier molecular flexibility index (Phi) is 4.75. The molecule has 5 rings (SSSR count). The molecule has 4 aromatic rings. The molecule has 5 nitrogen and oxygen atoms in total. The Balaban J connectivity index is 1.49. The van der Waals surface area contributed by atoms with Gasteiger partial charge in [0.2, 0.25) is 0 Å². The number of halogens is 1. The molecule has 0 saturated carbocycles. The maximum atomic E-state index is 13.2. The molecule has 2 N–H and O–H groups in total. The first-order valence-electron chi connectivity index (χ1n) is 9.98. The molecule has 0 atom stereocenters. The number of hydrogen-bond donors (Lipinski definition) is 2. The zero-order valence-corrected chi connectivity index (χ0v) is 17.3. The van der Waals surface area contributed by atoms with Gasteiger partial charge in [-0.25, -0.2) is 4.39 Å². The summed E-state index contributed by atoms with van der Waals surface area (Å²) in [6.45, 7) is 0. The molecule has 31 heavy (non-hydrogen) atoms. The minimum absolute atomic E-state index is 0.167. The van der Waals surface area contributed by atoms with E-state index in [0.717, 1.165) is 24.9 Å². The first-order valence-corrected chi connectivity index (χ1v) is 10.4. The summed E-state index contributed by atoms with van der Waals surface area (Å²) in [5, 5.41) is 3.31. The van der Waals surface area contributed by atoms with Crippen LogP contribution in [0.1, 0.15) is 27.9 Å². The van der Waals surface area contributed by atoms with Gasteiger partial charge in [-0.05, 0) is 97.2 Å². The average molecular weight is 431 g/mol. The number of nitrogens with one attached hydrogen (secondary N) is 2. The summed E-state index contributed by atoms with van der Waals surface area (Å²) in [5.74, 6) is -0.659. The SMILES string of the molecule is O=C(Nc1ccc2c(c1)CCC2)c1ccc2c(=O)n(-c3ccc(F)cc3)c(=S)[nH]c2c1. The number of aryl methyl sites for hydroxylation is 2. The number of carbonyl (C=O) groups excluding carboxylic acids is 1. The maximum absolute atomic E-state index is 13.2. The minimum atomic E-state index is -0.397. The van der Waals surface area contributed by atoms with E-state index in [0.29, 0.717) is 22.2 Å². The van der Waals surface area contributed by atoms with Crippen LogP contribution in [-0.2, 0) is 12.8 Å². The number of rotatable bonds is 3. The lowest BCUT2D eigenvalue weighted by atomic mass is 10.1. The normalized spacial score (nSPS) is 12.7. The molecule has 3 aromatic carbocycles. The van der Waals surface area contributed by atoms with Gasteiger partial charge in [-0.2, -0.15) is 0 Å². The van der Waals surface area contributed by atoms with Crippen LogP contribution in [0, 0.1) is 10.6 Å². The lowest BCUT2D eigenvalue weighted by Gasteiger charge is -2.10. The fourth-order valence-electron chi connectivity index (χ4n) is 4.04. The number of aromatic amines is 1. The number of carbonyl (C=O) groups is 1. The number of nitrogens with zero attached hydrogens (tertiary/aromatic N) is 1. The fourth-order valence-corrected chi connectivity index (χ4v) is 4.33. The van der Waals surface area contributed by atoms with Gasteiger partial charge in [0.25, 0.3) is 11.5 Å². The van der Waals surface area contributed by atoms with Crippen molar-refractivity contribution >= 4 is 34.7 Å². The minimum Gasteiger partial charge on any atom is -0.331 e. The number of hydrogen-bond acceptors (Lipinski definition) is 3. The molecule has 1 aliphatic carbocycles. The molecule has 0 fully saturated rings. The zero-order chi connectivity index (χ0) is 21.5. The Labute approximate surface area is 182 Å². The van der Waals surface area contributed by atoms with Gasteiger partial charge in [0.1, 0.15) is 5.82 Å². The fraction of sp³-hybridized carbons (Fsp3) is 0.125. The van der Waals surface area contributed by atoms with Crippen LogP contribution in [0.15, 0.2) is 65.5 Å². The van der Waals surface area contributed by atoms with Crippen LogP contribution >= 0.6 is 12.2 Å². The zero-order valence-electron chi connectivity index (χ0n) is 16.4. The topological polar surface area (TPSA) is 66.9 Å². The van der Waals surface area contributed by atoms with Gasteiger partial charge in [-0.3, -0.25) is 14.2 Å². The highest BCUT2D eigenvalue weighted by Crippen LogP contribution is 2.25. The summed E-state index contributed by atoms with van der Waals surface area (Å²) in [7, 11) is 0. The van der Waals surface area contributed by atoms with Gasteiger partial charge < -0.3 is 10.3 Å². The number of benzene rings is 3. The van der Waals surface area contributed by atoms with Gasteiger partial charge in [0.15, 0.2) is 4.77 Å². The van der Waals surface area contributed by atoms with Crippen LogP contribution in [-0.4, -0.2) is 15.5 Å². The molecule has 0 spiro atoms. The third-order valence-electron chi connectivity index (χ3n) is 5.60. The molecular formula is C24H18FN3O2S. The first-order chi connectivity index (χ1) is 15.0. The second kappa shape index (κ2) is 7.59. The number of aromatic nitrogens is 2. The lowest BCUT2D eigenvalue weighted by molar-refractivity contribution is 0.102. The van der Waals surface area contributed by atoms with Gasteiger partial charge in [-0.15, -0.1) is 0 Å². The first kappa shape index (κ1) is 19.4. The third kappa shape index (κ3) is 3.57. The molecule has 7 heteroatoms. The Morgan fingerprint density at radius 1 is 1.00 bits per heavy atom. The number of fused-ring (bicyclic) bond motifs is 2. The summed E-state index contributed by atoms with van der Waals surface area (Å²) in [5.41, 5.74) is 4.39. The second-order valence-corrected chi connectivity index (χ2v) is 7.99. The molecular weight excluding hydrogens is 413 g/mol. The monoisotopic (exact) mass is 431 g/mol. The summed E-state index contributed by atoms with van der Waals surface area (Å²) in [6, 6.07) is 16.3.